The molecule has 0 bridgehead atoms. The second-order valence-corrected chi connectivity index (χ2v) is 7.39. The van der Waals surface area contributed by atoms with Crippen LogP contribution in [0.5, 0.6) is 0 Å². The average molecular weight is 296 g/mol. The predicted molar refractivity (Wildman–Crippen MR) is 89.7 cm³/mol. The third-order valence-electron chi connectivity index (χ3n) is 5.58. The summed E-state index contributed by atoms with van der Waals surface area (Å²) in [7, 11) is 0. The van der Waals surface area contributed by atoms with Gasteiger partial charge in [0.15, 0.2) is 0 Å². The van der Waals surface area contributed by atoms with Crippen LogP contribution in [0.3, 0.4) is 0 Å². The zero-order chi connectivity index (χ0) is 15.1. The lowest BCUT2D eigenvalue weighted by Gasteiger charge is -2.44. The summed E-state index contributed by atoms with van der Waals surface area (Å²) in [5.74, 6) is 0.934. The Kier molecular flexibility index (Phi) is 6.97. The maximum atomic E-state index is 5.79. The number of piperidine rings is 1. The van der Waals surface area contributed by atoms with Crippen molar-refractivity contribution < 1.29 is 4.74 Å². The van der Waals surface area contributed by atoms with E-state index in [4.69, 9.17) is 4.74 Å². The first-order chi connectivity index (χ1) is 10.2. The smallest absolute Gasteiger partial charge is 0.0599 e. The van der Waals surface area contributed by atoms with Gasteiger partial charge in [-0.05, 0) is 50.5 Å². The summed E-state index contributed by atoms with van der Waals surface area (Å²) >= 11 is 0. The van der Waals surface area contributed by atoms with E-state index in [2.05, 4.69) is 31.0 Å². The zero-order valence-corrected chi connectivity index (χ0v) is 14.5. The van der Waals surface area contributed by atoms with Crippen LogP contribution in [-0.2, 0) is 4.74 Å². The van der Waals surface area contributed by atoms with Crippen molar-refractivity contribution in [1.82, 2.24) is 10.2 Å². The van der Waals surface area contributed by atoms with Crippen LogP contribution in [0.2, 0.25) is 0 Å². The highest BCUT2D eigenvalue weighted by atomic mass is 16.5. The minimum Gasteiger partial charge on any atom is -0.378 e. The van der Waals surface area contributed by atoms with Crippen molar-refractivity contribution in [3.05, 3.63) is 0 Å². The molecular formula is C18H36N2O. The molecule has 1 aliphatic carbocycles. The molecular weight excluding hydrogens is 260 g/mol. The molecule has 1 saturated carbocycles. The topological polar surface area (TPSA) is 24.5 Å². The van der Waals surface area contributed by atoms with Gasteiger partial charge in [-0.15, -0.1) is 0 Å². The lowest BCUT2D eigenvalue weighted by Crippen LogP contribution is -2.49. The number of rotatable bonds is 7. The fourth-order valence-electron chi connectivity index (χ4n) is 4.10. The Labute approximate surface area is 131 Å². The molecule has 1 N–H and O–H groups in total. The molecule has 3 nitrogen and oxygen atoms in total. The second kappa shape index (κ2) is 8.50. The summed E-state index contributed by atoms with van der Waals surface area (Å²) in [4.78, 5) is 2.71. The Bertz CT molecular complexity index is 273. The Morgan fingerprint density at radius 2 is 1.76 bits per heavy atom. The molecule has 0 aromatic heterocycles. The quantitative estimate of drug-likeness (QED) is 0.780. The third-order valence-corrected chi connectivity index (χ3v) is 5.58. The molecule has 0 spiro atoms. The van der Waals surface area contributed by atoms with Crippen molar-refractivity contribution in [1.29, 1.82) is 0 Å². The van der Waals surface area contributed by atoms with Gasteiger partial charge in [-0.25, -0.2) is 0 Å². The van der Waals surface area contributed by atoms with Crippen molar-refractivity contribution >= 4 is 0 Å². The number of nitrogens with zero attached hydrogens (tertiary/aromatic N) is 1. The summed E-state index contributed by atoms with van der Waals surface area (Å²) < 4.78 is 5.79. The molecule has 21 heavy (non-hydrogen) atoms. The van der Waals surface area contributed by atoms with Crippen LogP contribution in [0.4, 0.5) is 0 Å². The highest BCUT2D eigenvalue weighted by molar-refractivity contribution is 4.90. The molecule has 0 unspecified atom stereocenters. The summed E-state index contributed by atoms with van der Waals surface area (Å²) in [6, 6.07) is 0. The Hall–Kier alpha value is -0.120. The molecule has 0 atom stereocenters. The van der Waals surface area contributed by atoms with Crippen LogP contribution in [0.1, 0.15) is 59.3 Å². The first-order valence-corrected chi connectivity index (χ1v) is 9.22. The van der Waals surface area contributed by atoms with Crippen LogP contribution in [-0.4, -0.2) is 50.3 Å². The van der Waals surface area contributed by atoms with Gasteiger partial charge >= 0.3 is 0 Å². The molecule has 3 heteroatoms. The highest BCUT2D eigenvalue weighted by Gasteiger charge is 2.36. The molecule has 0 aromatic rings. The Morgan fingerprint density at radius 3 is 2.33 bits per heavy atom. The number of hydrogen-bond acceptors (Lipinski definition) is 3. The standard InChI is InChI=1S/C18H36N2O/c1-4-19-14-18(10-6-16(3)7-11-18)15-20-12-8-17(9-13-20)21-5-2/h16-17,19H,4-15H2,1-3H3. The maximum Gasteiger partial charge on any atom is 0.0599 e. The van der Waals surface area contributed by atoms with Crippen LogP contribution < -0.4 is 5.32 Å². The van der Waals surface area contributed by atoms with Crippen molar-refractivity contribution in [2.24, 2.45) is 11.3 Å². The minimum absolute atomic E-state index is 0.516. The lowest BCUT2D eigenvalue weighted by molar-refractivity contribution is -0.00250. The number of nitrogens with one attached hydrogen (secondary N) is 1. The van der Waals surface area contributed by atoms with Crippen LogP contribution in [0.25, 0.3) is 0 Å². The zero-order valence-electron chi connectivity index (χ0n) is 14.5. The van der Waals surface area contributed by atoms with Crippen molar-refractivity contribution in [2.75, 3.05) is 39.3 Å². The summed E-state index contributed by atoms with van der Waals surface area (Å²) in [5, 5.41) is 3.64. The molecule has 0 radical (unpaired) electrons. The molecule has 1 aliphatic heterocycles. The van der Waals surface area contributed by atoms with Crippen molar-refractivity contribution in [2.45, 2.75) is 65.4 Å². The van der Waals surface area contributed by atoms with Gasteiger partial charge < -0.3 is 15.0 Å². The van der Waals surface area contributed by atoms with Crippen molar-refractivity contribution in [3.8, 4) is 0 Å². The third kappa shape index (κ3) is 5.22. The number of likely N-dealkylation sites (tertiary alicyclic amines) is 1. The van der Waals surface area contributed by atoms with E-state index in [-0.39, 0.29) is 0 Å². The van der Waals surface area contributed by atoms with E-state index in [9.17, 15) is 0 Å². The van der Waals surface area contributed by atoms with Gasteiger partial charge in [0.05, 0.1) is 6.10 Å². The Morgan fingerprint density at radius 1 is 1.10 bits per heavy atom. The van der Waals surface area contributed by atoms with E-state index in [1.54, 1.807) is 0 Å². The maximum absolute atomic E-state index is 5.79. The molecule has 2 fully saturated rings. The van der Waals surface area contributed by atoms with E-state index < -0.39 is 0 Å². The molecule has 0 aromatic carbocycles. The fourth-order valence-corrected chi connectivity index (χ4v) is 4.10. The van der Waals surface area contributed by atoms with E-state index >= 15 is 0 Å². The number of ether oxygens (including phenoxy) is 1. The van der Waals surface area contributed by atoms with Crippen molar-refractivity contribution in [3.63, 3.8) is 0 Å². The average Bonchev–Trinajstić information content (AvgIpc) is 2.51. The van der Waals surface area contributed by atoms with Gasteiger partial charge in [0.1, 0.15) is 0 Å². The largest absolute Gasteiger partial charge is 0.378 e. The van der Waals surface area contributed by atoms with Gasteiger partial charge in [-0.3, -0.25) is 0 Å². The first kappa shape index (κ1) is 17.2. The van der Waals surface area contributed by atoms with E-state index in [0.29, 0.717) is 11.5 Å². The lowest BCUT2D eigenvalue weighted by atomic mass is 9.70. The van der Waals surface area contributed by atoms with E-state index in [1.807, 2.05) is 0 Å². The van der Waals surface area contributed by atoms with E-state index in [0.717, 1.165) is 19.1 Å². The van der Waals surface area contributed by atoms with Crippen LogP contribution in [0, 0.1) is 11.3 Å². The summed E-state index contributed by atoms with van der Waals surface area (Å²) in [6.45, 7) is 13.7. The van der Waals surface area contributed by atoms with Gasteiger partial charge in [-0.2, -0.15) is 0 Å². The molecule has 2 rings (SSSR count). The molecule has 124 valence electrons. The molecule has 1 heterocycles. The second-order valence-electron chi connectivity index (χ2n) is 7.39. The SMILES string of the molecule is CCNCC1(CN2CCC(OCC)CC2)CCC(C)CC1. The summed E-state index contributed by atoms with van der Waals surface area (Å²) in [5.41, 5.74) is 0.529. The normalized spacial score (nSPS) is 32.4. The van der Waals surface area contributed by atoms with Gasteiger partial charge in [0, 0.05) is 32.8 Å². The first-order valence-electron chi connectivity index (χ1n) is 9.22. The Balaban J connectivity index is 1.84. The van der Waals surface area contributed by atoms with Gasteiger partial charge in [0.25, 0.3) is 0 Å². The van der Waals surface area contributed by atoms with Gasteiger partial charge in [-0.1, -0.05) is 26.7 Å². The fraction of sp³-hybridized carbons (Fsp3) is 1.00. The summed E-state index contributed by atoms with van der Waals surface area (Å²) in [6.07, 6.45) is 8.62. The molecule has 1 saturated heterocycles. The highest BCUT2D eigenvalue weighted by Crippen LogP contribution is 2.39. The number of hydrogen-bond donors (Lipinski definition) is 1. The monoisotopic (exact) mass is 296 g/mol. The van der Waals surface area contributed by atoms with Gasteiger partial charge in [0.2, 0.25) is 0 Å². The van der Waals surface area contributed by atoms with E-state index in [1.165, 1.54) is 64.7 Å². The van der Waals surface area contributed by atoms with Crippen LogP contribution in [0.15, 0.2) is 0 Å². The predicted octanol–water partition coefficient (Wildman–Crippen LogP) is 3.29. The molecule has 2 aliphatic rings. The molecule has 0 amide bonds. The minimum atomic E-state index is 0.516. The van der Waals surface area contributed by atoms with Crippen LogP contribution >= 0.6 is 0 Å².